The molecule has 2 aliphatic heterocycles. The molecule has 0 spiro atoms. The van der Waals surface area contributed by atoms with Crippen molar-refractivity contribution in [1.82, 2.24) is 0 Å². The predicted molar refractivity (Wildman–Crippen MR) is 139 cm³/mol. The van der Waals surface area contributed by atoms with E-state index < -0.39 is 0 Å². The highest BCUT2D eigenvalue weighted by atomic mass is 19.1. The van der Waals surface area contributed by atoms with Gasteiger partial charge in [0.1, 0.15) is 24.8 Å². The second-order valence-corrected chi connectivity index (χ2v) is 9.88. The van der Waals surface area contributed by atoms with E-state index in [0.717, 1.165) is 17.5 Å². The number of halogens is 1. The molecule has 2 aliphatic rings. The smallest absolute Gasteiger partial charge is 0.262 e. The lowest BCUT2D eigenvalue weighted by atomic mass is 9.76. The zero-order valence-electron chi connectivity index (χ0n) is 21.1. The minimum Gasteiger partial charge on any atom is -0.486 e. The lowest BCUT2D eigenvalue weighted by Crippen LogP contribution is -2.31. The molecule has 3 atom stereocenters. The van der Waals surface area contributed by atoms with Crippen LogP contribution in [-0.2, 0) is 9.53 Å². The van der Waals surface area contributed by atoms with Gasteiger partial charge in [-0.3, -0.25) is 4.79 Å². The standard InChI is InChI=1S/C30H32FNO5/c1-19(2)25-15-21(24-5-3-4-6-26(24)31)17-37-30(25)20-7-10-23(11-8-20)36-18-29(33)32-22-9-12-27-28(16-22)35-14-13-34-27/h3-12,16,19,21,25,30H,13-15,17-18H2,1-2H3,(H,32,33)/t21-,25-,30-/m0/s1. The fourth-order valence-electron chi connectivity index (χ4n) is 5.07. The van der Waals surface area contributed by atoms with Gasteiger partial charge in [-0.15, -0.1) is 0 Å². The van der Waals surface area contributed by atoms with Gasteiger partial charge in [-0.2, -0.15) is 0 Å². The molecular formula is C30H32FNO5. The van der Waals surface area contributed by atoms with Crippen molar-refractivity contribution < 1.29 is 28.1 Å². The molecule has 0 bridgehead atoms. The Balaban J connectivity index is 1.17. The molecule has 0 aliphatic carbocycles. The van der Waals surface area contributed by atoms with E-state index in [1.807, 2.05) is 36.4 Å². The van der Waals surface area contributed by atoms with Crippen molar-refractivity contribution in [3.05, 3.63) is 83.7 Å². The summed E-state index contributed by atoms with van der Waals surface area (Å²) in [4.78, 5) is 12.4. The molecule has 3 aromatic rings. The van der Waals surface area contributed by atoms with E-state index in [2.05, 4.69) is 19.2 Å². The highest BCUT2D eigenvalue weighted by Gasteiger charge is 2.35. The van der Waals surface area contributed by atoms with Crippen molar-refractivity contribution in [2.75, 3.05) is 31.7 Å². The first-order valence-corrected chi connectivity index (χ1v) is 12.8. The van der Waals surface area contributed by atoms with E-state index in [9.17, 15) is 9.18 Å². The molecule has 6 nitrogen and oxygen atoms in total. The van der Waals surface area contributed by atoms with Crippen LogP contribution in [0.4, 0.5) is 10.1 Å². The van der Waals surface area contributed by atoms with Gasteiger partial charge in [-0.25, -0.2) is 4.39 Å². The molecule has 1 amide bonds. The molecule has 0 aromatic heterocycles. The van der Waals surface area contributed by atoms with Crippen LogP contribution in [0.15, 0.2) is 66.7 Å². The zero-order chi connectivity index (χ0) is 25.8. The summed E-state index contributed by atoms with van der Waals surface area (Å²) in [5.41, 5.74) is 2.40. The molecule has 7 heteroatoms. The maximum Gasteiger partial charge on any atom is 0.262 e. The topological polar surface area (TPSA) is 66.0 Å². The van der Waals surface area contributed by atoms with E-state index in [-0.39, 0.29) is 36.3 Å². The third-order valence-corrected chi connectivity index (χ3v) is 7.03. The Morgan fingerprint density at radius 3 is 2.54 bits per heavy atom. The summed E-state index contributed by atoms with van der Waals surface area (Å²) in [5.74, 6) is 2.12. The molecule has 2 heterocycles. The maximum absolute atomic E-state index is 14.4. The number of carbonyl (C=O) groups excluding carboxylic acids is 1. The minimum atomic E-state index is -0.268. The second-order valence-electron chi connectivity index (χ2n) is 9.88. The minimum absolute atomic E-state index is 0.0418. The van der Waals surface area contributed by atoms with E-state index in [1.54, 1.807) is 24.3 Å². The number of benzene rings is 3. The quantitative estimate of drug-likeness (QED) is 0.418. The van der Waals surface area contributed by atoms with Gasteiger partial charge >= 0.3 is 0 Å². The van der Waals surface area contributed by atoms with Gasteiger partial charge in [0.15, 0.2) is 18.1 Å². The summed E-state index contributed by atoms with van der Waals surface area (Å²) in [6, 6.07) is 19.9. The van der Waals surface area contributed by atoms with Crippen LogP contribution in [-0.4, -0.2) is 32.3 Å². The lowest BCUT2D eigenvalue weighted by Gasteiger charge is -2.39. The Kier molecular flexibility index (Phi) is 7.60. The Morgan fingerprint density at radius 1 is 1.03 bits per heavy atom. The van der Waals surface area contributed by atoms with Gasteiger partial charge in [0.25, 0.3) is 5.91 Å². The number of anilines is 1. The summed E-state index contributed by atoms with van der Waals surface area (Å²) in [6.45, 7) is 5.73. The van der Waals surface area contributed by atoms with Crippen LogP contribution in [0.2, 0.25) is 0 Å². The maximum atomic E-state index is 14.4. The molecular weight excluding hydrogens is 473 g/mol. The highest BCUT2D eigenvalue weighted by Crippen LogP contribution is 2.44. The van der Waals surface area contributed by atoms with Gasteiger partial charge in [0.2, 0.25) is 0 Å². The number of hydrogen-bond donors (Lipinski definition) is 1. The number of nitrogens with one attached hydrogen (secondary N) is 1. The Bertz CT molecular complexity index is 1230. The first kappa shape index (κ1) is 25.1. The third kappa shape index (κ3) is 5.88. The van der Waals surface area contributed by atoms with Crippen LogP contribution in [0.3, 0.4) is 0 Å². The number of ether oxygens (including phenoxy) is 4. The number of amides is 1. The molecule has 1 saturated heterocycles. The first-order chi connectivity index (χ1) is 18.0. The lowest BCUT2D eigenvalue weighted by molar-refractivity contribution is -0.118. The zero-order valence-corrected chi connectivity index (χ0v) is 21.1. The molecule has 0 saturated carbocycles. The van der Waals surface area contributed by atoms with Gasteiger partial charge in [0.05, 0.1) is 12.7 Å². The van der Waals surface area contributed by atoms with E-state index in [4.69, 9.17) is 18.9 Å². The van der Waals surface area contributed by atoms with Crippen LogP contribution in [0.5, 0.6) is 17.2 Å². The summed E-state index contributed by atoms with van der Waals surface area (Å²) in [6.07, 6.45) is 0.789. The average Bonchev–Trinajstić information content (AvgIpc) is 2.92. The first-order valence-electron chi connectivity index (χ1n) is 12.8. The van der Waals surface area contributed by atoms with Gasteiger partial charge in [0, 0.05) is 17.7 Å². The van der Waals surface area contributed by atoms with Gasteiger partial charge < -0.3 is 24.3 Å². The van der Waals surface area contributed by atoms with Gasteiger partial charge in [-0.1, -0.05) is 44.2 Å². The third-order valence-electron chi connectivity index (χ3n) is 7.03. The van der Waals surface area contributed by atoms with Crippen molar-refractivity contribution in [2.45, 2.75) is 32.3 Å². The van der Waals surface area contributed by atoms with E-state index >= 15 is 0 Å². The molecule has 1 fully saturated rings. The number of fused-ring (bicyclic) bond motifs is 1. The summed E-state index contributed by atoms with van der Waals surface area (Å²) < 4.78 is 37.5. The molecule has 1 N–H and O–H groups in total. The van der Waals surface area contributed by atoms with E-state index in [0.29, 0.717) is 48.7 Å². The molecule has 3 aromatic carbocycles. The summed E-state index contributed by atoms with van der Waals surface area (Å²) in [5, 5.41) is 2.82. The van der Waals surface area contributed by atoms with Crippen LogP contribution in [0, 0.1) is 17.7 Å². The SMILES string of the molecule is CC(C)[C@@H]1C[C@H](c2ccccc2F)CO[C@H]1c1ccc(OCC(=O)Nc2ccc3c(c2)OCCO3)cc1. The van der Waals surface area contributed by atoms with Crippen molar-refractivity contribution in [3.63, 3.8) is 0 Å². The Hall–Kier alpha value is -3.58. The molecule has 0 unspecified atom stereocenters. The second kappa shape index (κ2) is 11.2. The average molecular weight is 506 g/mol. The largest absolute Gasteiger partial charge is 0.486 e. The van der Waals surface area contributed by atoms with Gasteiger partial charge in [-0.05, 0) is 59.7 Å². The predicted octanol–water partition coefficient (Wildman–Crippen LogP) is 6.13. The number of carbonyl (C=O) groups is 1. The Morgan fingerprint density at radius 2 is 1.78 bits per heavy atom. The van der Waals surface area contributed by atoms with Crippen LogP contribution >= 0.6 is 0 Å². The van der Waals surface area contributed by atoms with E-state index in [1.165, 1.54) is 6.07 Å². The van der Waals surface area contributed by atoms with Crippen LogP contribution in [0.25, 0.3) is 0 Å². The van der Waals surface area contributed by atoms with Crippen molar-refractivity contribution in [3.8, 4) is 17.2 Å². The van der Waals surface area contributed by atoms with Crippen molar-refractivity contribution in [2.24, 2.45) is 11.8 Å². The monoisotopic (exact) mass is 505 g/mol. The molecule has 37 heavy (non-hydrogen) atoms. The fourth-order valence-corrected chi connectivity index (χ4v) is 5.07. The van der Waals surface area contributed by atoms with Crippen LogP contribution < -0.4 is 19.5 Å². The Labute approximate surface area is 216 Å². The van der Waals surface area contributed by atoms with Crippen molar-refractivity contribution >= 4 is 11.6 Å². The van der Waals surface area contributed by atoms with Crippen molar-refractivity contribution in [1.29, 1.82) is 0 Å². The summed E-state index contributed by atoms with van der Waals surface area (Å²) in [7, 11) is 0. The fraction of sp³-hybridized carbons (Fsp3) is 0.367. The number of rotatable bonds is 7. The molecule has 5 rings (SSSR count). The molecule has 0 radical (unpaired) electrons. The molecule has 194 valence electrons. The highest BCUT2D eigenvalue weighted by molar-refractivity contribution is 5.92. The number of hydrogen-bond acceptors (Lipinski definition) is 5. The normalized spacial score (nSPS) is 20.9. The summed E-state index contributed by atoms with van der Waals surface area (Å²) >= 11 is 0. The van der Waals surface area contributed by atoms with Crippen LogP contribution in [0.1, 0.15) is 43.4 Å².